The van der Waals surface area contributed by atoms with Gasteiger partial charge in [-0.2, -0.15) is 0 Å². The van der Waals surface area contributed by atoms with E-state index in [0.29, 0.717) is 0 Å². The topological polar surface area (TPSA) is 44.8 Å². The van der Waals surface area contributed by atoms with Crippen molar-refractivity contribution in [1.29, 1.82) is 0 Å². The van der Waals surface area contributed by atoms with E-state index in [9.17, 15) is 17.7 Å². The molecular weight excluding hydrogens is 336 g/mol. The van der Waals surface area contributed by atoms with Crippen LogP contribution in [-0.4, -0.2) is 12.8 Å². The lowest BCUT2D eigenvalue weighted by atomic mass is 10.7. The van der Waals surface area contributed by atoms with Gasteiger partial charge in [-0.25, -0.2) is 29.5 Å². The Balaban J connectivity index is 4.12. The first-order valence-corrected chi connectivity index (χ1v) is 5.02. The van der Waals surface area contributed by atoms with Crippen molar-refractivity contribution >= 4 is 40.3 Å². The molecule has 0 aliphatic heterocycles. The van der Waals surface area contributed by atoms with E-state index in [1.54, 1.807) is 0 Å². The summed E-state index contributed by atoms with van der Waals surface area (Å²) in [5.74, 6) is 0. The number of phosphoric acid groups is 1. The normalized spacial score (nSPS) is 15.2. The van der Waals surface area contributed by atoms with Gasteiger partial charge in [0.2, 0.25) is 0 Å². The van der Waals surface area contributed by atoms with E-state index in [-0.39, 0.29) is 0 Å². The molecule has 0 heterocycles. The Morgan fingerprint density at radius 3 is 1.83 bits per heavy atom. The first-order chi connectivity index (χ1) is 5.45. The van der Waals surface area contributed by atoms with Gasteiger partial charge in [0.1, 0.15) is 32.5 Å². The molecule has 12 heavy (non-hydrogen) atoms. The molecule has 0 amide bonds. The van der Waals surface area contributed by atoms with Gasteiger partial charge in [-0.3, -0.25) is 0 Å². The molecule has 0 aliphatic carbocycles. The van der Waals surface area contributed by atoms with Crippen molar-refractivity contribution in [2.45, 2.75) is 12.8 Å². The maximum atomic E-state index is 12.0. The molecule has 0 saturated heterocycles. The maximum Gasteiger partial charge on any atom is 0.499 e. The van der Waals surface area contributed by atoms with Crippen molar-refractivity contribution in [3.05, 3.63) is 0 Å². The Bertz CT molecular complexity index is 172. The van der Waals surface area contributed by atoms with E-state index in [1.807, 2.05) is 0 Å². The fourth-order valence-corrected chi connectivity index (χ4v) is 1.88. The van der Waals surface area contributed by atoms with Crippen LogP contribution in [0.4, 0.5) is 13.2 Å². The number of rotatable bonds is 5. The van der Waals surface area contributed by atoms with E-state index in [0.717, 1.165) is 0 Å². The van der Waals surface area contributed by atoms with Crippen molar-refractivity contribution in [3.63, 3.8) is 0 Å². The molecule has 0 saturated carbocycles. The zero-order chi connectivity index (χ0) is 9.78. The highest BCUT2D eigenvalue weighted by molar-refractivity contribution is 9.07. The Labute approximate surface area is 82.9 Å². The van der Waals surface area contributed by atoms with Crippen molar-refractivity contribution in [2.75, 3.05) is 0 Å². The van der Waals surface area contributed by atoms with Gasteiger partial charge in [-0.15, -0.1) is 0 Å². The summed E-state index contributed by atoms with van der Waals surface area (Å²) in [4.78, 5) is 0. The molecule has 0 aromatic carbocycles. The van der Waals surface area contributed by atoms with Gasteiger partial charge >= 0.3 is 7.82 Å². The molecule has 0 spiro atoms. The largest absolute Gasteiger partial charge is 0.499 e. The summed E-state index contributed by atoms with van der Waals surface area (Å²) >= 11 is 4.31. The number of hydrogen-bond donors (Lipinski definition) is 0. The van der Waals surface area contributed by atoms with Gasteiger partial charge in [0, 0.05) is 0 Å². The van der Waals surface area contributed by atoms with Crippen molar-refractivity contribution in [3.8, 4) is 0 Å². The van der Waals surface area contributed by atoms with Crippen LogP contribution in [0.25, 0.3) is 0 Å². The summed E-state index contributed by atoms with van der Waals surface area (Å²) in [6.45, 7) is 0. The predicted octanol–water partition coefficient (Wildman–Crippen LogP) is 3.32. The quantitative estimate of drug-likeness (QED) is 0.722. The predicted molar refractivity (Wildman–Crippen MR) is 39.6 cm³/mol. The third kappa shape index (κ3) is 4.20. The van der Waals surface area contributed by atoms with E-state index in [2.05, 4.69) is 44.3 Å². The maximum absolute atomic E-state index is 12.0. The fraction of sp³-hybridized carbons (Fsp3) is 1.00. The SMILES string of the molecule is O=P(OBr)(OBr)OC(F)C(F)F. The summed E-state index contributed by atoms with van der Waals surface area (Å²) in [6, 6.07) is 0. The average Bonchev–Trinajstić information content (AvgIpc) is 2.04. The van der Waals surface area contributed by atoms with Crippen LogP contribution in [0.1, 0.15) is 0 Å². The molecule has 1 unspecified atom stereocenters. The van der Waals surface area contributed by atoms with Gasteiger partial charge < -0.3 is 0 Å². The molecule has 10 heteroatoms. The molecule has 0 bridgehead atoms. The molecule has 0 fully saturated rings. The minimum absolute atomic E-state index is 2.16. The molecule has 0 radical (unpaired) electrons. The first-order valence-electron chi connectivity index (χ1n) is 2.26. The highest BCUT2D eigenvalue weighted by Gasteiger charge is 2.34. The lowest BCUT2D eigenvalue weighted by Crippen LogP contribution is -2.14. The fourth-order valence-electron chi connectivity index (χ4n) is 0.213. The van der Waals surface area contributed by atoms with Gasteiger partial charge in [-0.1, -0.05) is 0 Å². The molecule has 0 rings (SSSR count). The lowest BCUT2D eigenvalue weighted by Gasteiger charge is -2.12. The summed E-state index contributed by atoms with van der Waals surface area (Å²) < 4.78 is 56.9. The summed E-state index contributed by atoms with van der Waals surface area (Å²) in [6.07, 6.45) is -6.46. The van der Waals surface area contributed by atoms with Crippen molar-refractivity contribution < 1.29 is 29.5 Å². The highest BCUT2D eigenvalue weighted by Crippen LogP contribution is 2.54. The lowest BCUT2D eigenvalue weighted by molar-refractivity contribution is -0.0753. The molecule has 74 valence electrons. The van der Waals surface area contributed by atoms with Crippen LogP contribution in [0, 0.1) is 0 Å². The standard InChI is InChI=1S/C2H2Br2F3O4P/c3-10-12(8,11-4)9-2(7)1(5)6/h1-2H. The second kappa shape index (κ2) is 5.56. The van der Waals surface area contributed by atoms with Gasteiger partial charge in [0.15, 0.2) is 0 Å². The summed E-state index contributed by atoms with van der Waals surface area (Å²) in [5, 5.41) is 0. The molecular formula is C2H2Br2F3O4P. The van der Waals surface area contributed by atoms with Gasteiger partial charge in [0.25, 0.3) is 12.8 Å². The van der Waals surface area contributed by atoms with Gasteiger partial charge in [-0.05, 0) is 0 Å². The van der Waals surface area contributed by atoms with Gasteiger partial charge in [0.05, 0.1) is 0 Å². The monoisotopic (exact) mass is 336 g/mol. The molecule has 0 aliphatic rings. The van der Waals surface area contributed by atoms with Crippen LogP contribution < -0.4 is 0 Å². The summed E-state index contributed by atoms with van der Waals surface area (Å²) in [7, 11) is -4.31. The van der Waals surface area contributed by atoms with Crippen molar-refractivity contribution in [2.24, 2.45) is 0 Å². The van der Waals surface area contributed by atoms with Crippen LogP contribution in [0.2, 0.25) is 0 Å². The molecule has 1 atom stereocenters. The summed E-state index contributed by atoms with van der Waals surface area (Å²) in [5.41, 5.74) is 0. The zero-order valence-corrected chi connectivity index (χ0v) is 9.19. The van der Waals surface area contributed by atoms with Crippen LogP contribution in [0.3, 0.4) is 0 Å². The molecule has 4 nitrogen and oxygen atoms in total. The highest BCUT2D eigenvalue weighted by atomic mass is 79.9. The second-order valence-electron chi connectivity index (χ2n) is 1.38. The first kappa shape index (κ1) is 12.9. The Morgan fingerprint density at radius 2 is 1.58 bits per heavy atom. The zero-order valence-electron chi connectivity index (χ0n) is 5.12. The number of alkyl halides is 3. The van der Waals surface area contributed by atoms with Crippen LogP contribution in [-0.2, 0) is 16.3 Å². The molecule has 0 aromatic heterocycles. The van der Waals surface area contributed by atoms with E-state index < -0.39 is 20.6 Å². The van der Waals surface area contributed by atoms with Crippen molar-refractivity contribution in [1.82, 2.24) is 0 Å². The van der Waals surface area contributed by atoms with E-state index in [4.69, 9.17) is 0 Å². The Morgan fingerprint density at radius 1 is 1.17 bits per heavy atom. The minimum Gasteiger partial charge on any atom is -0.244 e. The van der Waals surface area contributed by atoms with Crippen LogP contribution >= 0.6 is 40.3 Å². The molecule has 0 N–H and O–H groups in total. The van der Waals surface area contributed by atoms with Crippen LogP contribution in [0.15, 0.2) is 0 Å². The number of hydrogen-bond acceptors (Lipinski definition) is 4. The average molecular weight is 338 g/mol. The number of halogens is 5. The molecule has 0 aromatic rings. The Hall–Kier alpha value is 0.860. The second-order valence-corrected chi connectivity index (χ2v) is 4.49. The smallest absolute Gasteiger partial charge is 0.244 e. The third-order valence-corrected chi connectivity index (χ3v) is 3.52. The van der Waals surface area contributed by atoms with E-state index >= 15 is 0 Å². The van der Waals surface area contributed by atoms with E-state index in [1.165, 1.54) is 0 Å². The third-order valence-electron chi connectivity index (χ3n) is 0.597. The Kier molecular flexibility index (Phi) is 5.96. The minimum atomic E-state index is -4.31. The van der Waals surface area contributed by atoms with Crippen LogP contribution in [0.5, 0.6) is 0 Å².